The summed E-state index contributed by atoms with van der Waals surface area (Å²) in [5, 5.41) is 0. The molecule has 0 atom stereocenters. The average Bonchev–Trinajstić information content (AvgIpc) is 3.18. The van der Waals surface area contributed by atoms with E-state index in [4.69, 9.17) is 9.15 Å². The molecule has 7 heteroatoms. The van der Waals surface area contributed by atoms with Gasteiger partial charge < -0.3 is 14.1 Å². The zero-order valence-corrected chi connectivity index (χ0v) is 14.9. The third kappa shape index (κ3) is 5.64. The summed E-state index contributed by atoms with van der Waals surface area (Å²) in [6.07, 6.45) is -3.17. The molecular weight excluding hydrogens is 371 g/mol. The maximum Gasteiger partial charge on any atom is 0.406 e. The minimum absolute atomic E-state index is 0.112. The molecule has 0 aliphatic rings. The highest BCUT2D eigenvalue weighted by Crippen LogP contribution is 2.22. The lowest BCUT2D eigenvalue weighted by atomic mass is 10.1. The highest BCUT2D eigenvalue weighted by Gasteiger charge is 2.34. The molecule has 1 aromatic heterocycles. The Hall–Kier alpha value is -3.22. The molecule has 0 saturated carbocycles. The van der Waals surface area contributed by atoms with Gasteiger partial charge in [0.05, 0.1) is 12.8 Å². The van der Waals surface area contributed by atoms with Gasteiger partial charge in [-0.1, -0.05) is 36.4 Å². The monoisotopic (exact) mass is 389 g/mol. The number of carbonyl (C=O) groups is 1. The van der Waals surface area contributed by atoms with Crippen molar-refractivity contribution in [3.05, 3.63) is 89.9 Å². The topological polar surface area (TPSA) is 42.7 Å². The van der Waals surface area contributed by atoms with Crippen LogP contribution in [0.15, 0.2) is 77.4 Å². The van der Waals surface area contributed by atoms with E-state index in [1.165, 1.54) is 24.5 Å². The van der Waals surface area contributed by atoms with Crippen molar-refractivity contribution in [1.29, 1.82) is 0 Å². The highest BCUT2D eigenvalue weighted by molar-refractivity contribution is 5.94. The summed E-state index contributed by atoms with van der Waals surface area (Å²) in [6.45, 7) is -1.36. The zero-order valence-electron chi connectivity index (χ0n) is 14.9. The van der Waals surface area contributed by atoms with E-state index in [9.17, 15) is 18.0 Å². The number of halogens is 3. The Kier molecular flexibility index (Phi) is 6.03. The van der Waals surface area contributed by atoms with E-state index in [2.05, 4.69) is 0 Å². The second-order valence-corrected chi connectivity index (χ2v) is 6.16. The fourth-order valence-electron chi connectivity index (χ4n) is 2.65. The van der Waals surface area contributed by atoms with Crippen molar-refractivity contribution < 1.29 is 27.1 Å². The standard InChI is InChI=1S/C21H18F3NO3/c22-21(23,24)15-25(13-19-10-5-11-27-19)20(26)17-8-4-9-18(12-17)28-14-16-6-2-1-3-7-16/h1-12H,13-15H2. The molecule has 28 heavy (non-hydrogen) atoms. The normalized spacial score (nSPS) is 11.2. The van der Waals surface area contributed by atoms with Gasteiger partial charge in [-0.05, 0) is 35.9 Å². The van der Waals surface area contributed by atoms with E-state index in [0.717, 1.165) is 5.56 Å². The fourth-order valence-corrected chi connectivity index (χ4v) is 2.65. The van der Waals surface area contributed by atoms with E-state index in [0.29, 0.717) is 10.6 Å². The van der Waals surface area contributed by atoms with Gasteiger partial charge in [-0.15, -0.1) is 0 Å². The first-order valence-corrected chi connectivity index (χ1v) is 8.56. The third-order valence-corrected chi connectivity index (χ3v) is 3.91. The average molecular weight is 389 g/mol. The summed E-state index contributed by atoms with van der Waals surface area (Å²) in [5.41, 5.74) is 1.05. The Balaban J connectivity index is 1.74. The van der Waals surface area contributed by atoms with E-state index < -0.39 is 18.6 Å². The number of carbonyl (C=O) groups excluding carboxylic acids is 1. The lowest BCUT2D eigenvalue weighted by molar-refractivity contribution is -0.142. The molecule has 2 aromatic carbocycles. The molecule has 0 aliphatic carbocycles. The van der Waals surface area contributed by atoms with Gasteiger partial charge >= 0.3 is 6.18 Å². The molecule has 0 saturated heterocycles. The van der Waals surface area contributed by atoms with Crippen molar-refractivity contribution in [1.82, 2.24) is 4.90 Å². The summed E-state index contributed by atoms with van der Waals surface area (Å²) in [6, 6.07) is 18.6. The minimum Gasteiger partial charge on any atom is -0.489 e. The van der Waals surface area contributed by atoms with Crippen LogP contribution in [-0.4, -0.2) is 23.5 Å². The van der Waals surface area contributed by atoms with Crippen LogP contribution in [0.1, 0.15) is 21.7 Å². The molecule has 4 nitrogen and oxygen atoms in total. The molecule has 0 unspecified atom stereocenters. The van der Waals surface area contributed by atoms with Gasteiger partial charge in [0.15, 0.2) is 0 Å². The van der Waals surface area contributed by atoms with Crippen LogP contribution < -0.4 is 4.74 Å². The first-order valence-electron chi connectivity index (χ1n) is 8.56. The number of rotatable bonds is 7. The number of furan rings is 1. The Labute approximate surface area is 160 Å². The molecule has 0 N–H and O–H groups in total. The molecule has 0 aliphatic heterocycles. The number of hydrogen-bond acceptors (Lipinski definition) is 3. The Morgan fingerprint density at radius 2 is 1.79 bits per heavy atom. The molecule has 3 rings (SSSR count). The lowest BCUT2D eigenvalue weighted by Crippen LogP contribution is -2.38. The van der Waals surface area contributed by atoms with E-state index >= 15 is 0 Å². The van der Waals surface area contributed by atoms with Crippen LogP contribution in [0.25, 0.3) is 0 Å². The van der Waals surface area contributed by atoms with Crippen molar-refractivity contribution in [2.45, 2.75) is 19.3 Å². The van der Waals surface area contributed by atoms with Crippen LogP contribution >= 0.6 is 0 Å². The number of nitrogens with zero attached hydrogens (tertiary/aromatic N) is 1. The quantitative estimate of drug-likeness (QED) is 0.567. The van der Waals surface area contributed by atoms with Crippen LogP contribution in [0, 0.1) is 0 Å². The number of amides is 1. The number of ether oxygens (including phenoxy) is 1. The summed E-state index contributed by atoms with van der Waals surface area (Å²) in [4.78, 5) is 13.4. The van der Waals surface area contributed by atoms with Crippen molar-refractivity contribution >= 4 is 5.91 Å². The maximum atomic E-state index is 12.9. The molecule has 146 valence electrons. The van der Waals surface area contributed by atoms with Gasteiger partial charge in [0.25, 0.3) is 5.91 Å². The van der Waals surface area contributed by atoms with Gasteiger partial charge in [-0.3, -0.25) is 4.79 Å². The van der Waals surface area contributed by atoms with E-state index in [1.54, 1.807) is 18.2 Å². The summed E-state index contributed by atoms with van der Waals surface area (Å²) in [7, 11) is 0. The van der Waals surface area contributed by atoms with E-state index in [-0.39, 0.29) is 24.5 Å². The molecule has 0 radical (unpaired) electrons. The third-order valence-electron chi connectivity index (χ3n) is 3.91. The van der Waals surface area contributed by atoms with Crippen LogP contribution in [0.2, 0.25) is 0 Å². The van der Waals surface area contributed by atoms with Crippen LogP contribution in [0.5, 0.6) is 5.75 Å². The molecule has 1 amide bonds. The Bertz CT molecular complexity index is 893. The predicted octanol–water partition coefficient (Wildman–Crippen LogP) is 5.06. The van der Waals surface area contributed by atoms with Gasteiger partial charge in [0.2, 0.25) is 0 Å². The van der Waals surface area contributed by atoms with Crippen molar-refractivity contribution in [2.75, 3.05) is 6.54 Å². The summed E-state index contributed by atoms with van der Waals surface area (Å²) < 4.78 is 49.6. The van der Waals surface area contributed by atoms with Crippen LogP contribution in [-0.2, 0) is 13.2 Å². The van der Waals surface area contributed by atoms with Crippen molar-refractivity contribution in [2.24, 2.45) is 0 Å². The molecule has 0 spiro atoms. The number of alkyl halides is 3. The minimum atomic E-state index is -4.52. The molecule has 0 fully saturated rings. The number of benzene rings is 2. The van der Waals surface area contributed by atoms with Crippen molar-refractivity contribution in [3.8, 4) is 5.75 Å². The number of hydrogen-bond donors (Lipinski definition) is 0. The molecule has 3 aromatic rings. The Morgan fingerprint density at radius 3 is 2.46 bits per heavy atom. The van der Waals surface area contributed by atoms with Gasteiger partial charge in [-0.2, -0.15) is 13.2 Å². The smallest absolute Gasteiger partial charge is 0.406 e. The summed E-state index contributed by atoms with van der Waals surface area (Å²) >= 11 is 0. The highest BCUT2D eigenvalue weighted by atomic mass is 19.4. The summed E-state index contributed by atoms with van der Waals surface area (Å²) in [5.74, 6) is -0.0763. The van der Waals surface area contributed by atoms with Crippen molar-refractivity contribution in [3.63, 3.8) is 0 Å². The first-order chi connectivity index (χ1) is 13.4. The van der Waals surface area contributed by atoms with Crippen LogP contribution in [0.4, 0.5) is 13.2 Å². The maximum absolute atomic E-state index is 12.9. The second kappa shape index (κ2) is 8.65. The Morgan fingerprint density at radius 1 is 1.00 bits per heavy atom. The first kappa shape index (κ1) is 19.5. The molecule has 0 bridgehead atoms. The second-order valence-electron chi connectivity index (χ2n) is 6.16. The van der Waals surface area contributed by atoms with Gasteiger partial charge in [0, 0.05) is 5.56 Å². The largest absolute Gasteiger partial charge is 0.489 e. The fraction of sp³-hybridized carbons (Fsp3) is 0.190. The van der Waals surface area contributed by atoms with Crippen LogP contribution in [0.3, 0.4) is 0 Å². The van der Waals surface area contributed by atoms with Gasteiger partial charge in [0.1, 0.15) is 24.7 Å². The molecule has 1 heterocycles. The van der Waals surface area contributed by atoms with E-state index in [1.807, 2.05) is 30.3 Å². The zero-order chi connectivity index (χ0) is 20.0. The molecular formula is C21H18F3NO3. The predicted molar refractivity (Wildman–Crippen MR) is 96.7 cm³/mol. The lowest BCUT2D eigenvalue weighted by Gasteiger charge is -2.23. The SMILES string of the molecule is O=C(c1cccc(OCc2ccccc2)c1)N(Cc1ccco1)CC(F)(F)F. The van der Waals surface area contributed by atoms with Gasteiger partial charge in [-0.25, -0.2) is 0 Å².